The van der Waals surface area contributed by atoms with Crippen LogP contribution in [0.3, 0.4) is 0 Å². The van der Waals surface area contributed by atoms with E-state index in [1.54, 1.807) is 0 Å². The molecule has 3 heterocycles. The van der Waals surface area contributed by atoms with E-state index in [0.717, 1.165) is 22.3 Å². The van der Waals surface area contributed by atoms with Gasteiger partial charge in [0.15, 0.2) is 5.65 Å². The number of unbranched alkanes of at least 4 members (excludes halogenated alkanes) is 2. The van der Waals surface area contributed by atoms with Gasteiger partial charge >= 0.3 is 41.5 Å². The average Bonchev–Trinajstić information content (AvgIpc) is 4.04. The summed E-state index contributed by atoms with van der Waals surface area (Å²) in [6, 6.07) is 12.9. The number of nitrogens with one attached hydrogen (secondary N) is 5. The standard InChI is InChI=1S/C45H55N8O22P3S2/c46-44-51-40-39(42(60)52-44)25(21-53(40)37-20-33(54)34(73-37)23-72-77(67,68)75-78(69,70)74-76(64,65)66)9-8-17-47-35(55)15-18-79-80-24-32(41(59)48-16-7-1-2-14-36(56)49-31(43(61)62)19-38(57)58)50-45(63)71-22-30-28-12-5-3-10-26(28)27-11-4-6-13-29(27)30/h3-6,10-13,21,30-34,37,54H,1-2,7,14-20,22-24H2,(H,47,55)(H,48,59)(H,49,56)(H,50,63)(H,57,58)(H,61,62)(H,67,68)(H,69,70)(H2,64,65,66)(H3,46,51,52,60). The van der Waals surface area contributed by atoms with Crippen molar-refractivity contribution in [2.45, 2.75) is 81.4 Å². The Morgan fingerprint density at radius 1 is 0.863 bits per heavy atom. The Bertz CT molecular complexity index is 3180. The lowest BCUT2D eigenvalue weighted by Crippen LogP contribution is -2.48. The molecule has 1 saturated heterocycles. The molecule has 434 valence electrons. The fraction of sp³-hybridized carbons (Fsp3) is 0.422. The quantitative estimate of drug-likeness (QED) is 0.0160. The van der Waals surface area contributed by atoms with Crippen molar-refractivity contribution in [2.24, 2.45) is 0 Å². The third-order valence-electron chi connectivity index (χ3n) is 11.7. The molecule has 0 bridgehead atoms. The molecule has 80 heavy (non-hydrogen) atoms. The number of alkyl carbamates (subject to hydrolysis) is 1. The summed E-state index contributed by atoms with van der Waals surface area (Å²) in [6.07, 6.45) is -3.42. The number of aliphatic hydroxyl groups is 1. The molecule has 14 N–H and O–H groups in total. The van der Waals surface area contributed by atoms with Crippen LogP contribution in [0.15, 0.2) is 59.5 Å². The van der Waals surface area contributed by atoms with E-state index < -0.39 is 108 Å². The van der Waals surface area contributed by atoms with Crippen LogP contribution in [0.4, 0.5) is 10.7 Å². The maximum absolute atomic E-state index is 13.5. The van der Waals surface area contributed by atoms with Gasteiger partial charge in [-0.05, 0) is 35.1 Å². The number of amides is 4. The second-order valence-electron chi connectivity index (χ2n) is 17.5. The molecule has 7 unspecified atom stereocenters. The highest BCUT2D eigenvalue weighted by Crippen LogP contribution is 2.66. The Hall–Kier alpha value is -6.13. The normalized spacial score (nSPS) is 18.0. The number of aromatic nitrogens is 3. The molecule has 2 aromatic carbocycles. The summed E-state index contributed by atoms with van der Waals surface area (Å²) in [6.45, 7) is -1.01. The van der Waals surface area contributed by atoms with Crippen LogP contribution in [0.1, 0.15) is 73.8 Å². The zero-order valence-corrected chi connectivity index (χ0v) is 46.1. The highest BCUT2D eigenvalue weighted by Gasteiger charge is 2.43. The molecule has 7 atom stereocenters. The van der Waals surface area contributed by atoms with Crippen molar-refractivity contribution in [2.75, 3.05) is 43.5 Å². The predicted octanol–water partition coefficient (Wildman–Crippen LogP) is 2.17. The van der Waals surface area contributed by atoms with Gasteiger partial charge in [0.05, 0.1) is 36.6 Å². The number of carboxylic acids is 2. The Labute approximate surface area is 461 Å². The van der Waals surface area contributed by atoms with Gasteiger partial charge in [0.25, 0.3) is 5.56 Å². The minimum atomic E-state index is -5.82. The number of carboxylic acid groups (broad SMARTS) is 2. The molecule has 4 aromatic rings. The maximum atomic E-state index is 13.5. The number of aliphatic hydroxyl groups excluding tert-OH is 1. The van der Waals surface area contributed by atoms with Crippen LogP contribution in [-0.4, -0.2) is 147 Å². The van der Waals surface area contributed by atoms with Gasteiger partial charge in [0, 0.05) is 49.4 Å². The highest BCUT2D eigenvalue weighted by atomic mass is 33.1. The molecule has 30 nitrogen and oxygen atoms in total. The number of anilines is 1. The van der Waals surface area contributed by atoms with Gasteiger partial charge in [-0.3, -0.25) is 33.5 Å². The van der Waals surface area contributed by atoms with Gasteiger partial charge < -0.3 is 75.9 Å². The van der Waals surface area contributed by atoms with Crippen LogP contribution in [0, 0.1) is 11.8 Å². The number of fused-ring (bicyclic) bond motifs is 4. The minimum Gasteiger partial charge on any atom is -0.481 e. The van der Waals surface area contributed by atoms with Crippen molar-refractivity contribution in [3.63, 3.8) is 0 Å². The first-order valence-electron chi connectivity index (χ1n) is 23.9. The zero-order valence-electron chi connectivity index (χ0n) is 41.7. The number of aliphatic carboxylic acids is 2. The third-order valence-corrected chi connectivity index (χ3v) is 17.9. The Kier molecular flexibility index (Phi) is 22.5. The van der Waals surface area contributed by atoms with Crippen molar-refractivity contribution in [1.29, 1.82) is 0 Å². The summed E-state index contributed by atoms with van der Waals surface area (Å²) < 4.78 is 59.6. The molecule has 2 aliphatic rings. The van der Waals surface area contributed by atoms with Gasteiger partial charge in [-0.1, -0.05) is 88.4 Å². The lowest BCUT2D eigenvalue weighted by molar-refractivity contribution is -0.147. The van der Waals surface area contributed by atoms with Crippen LogP contribution in [0.5, 0.6) is 0 Å². The number of H-pyrrole nitrogens is 1. The molecular formula is C45H55N8O22P3S2. The van der Waals surface area contributed by atoms with Crippen molar-refractivity contribution in [1.82, 2.24) is 35.8 Å². The first-order chi connectivity index (χ1) is 37.8. The summed E-state index contributed by atoms with van der Waals surface area (Å²) in [7, 11) is -14.6. The third kappa shape index (κ3) is 18.7. The number of rotatable bonds is 29. The maximum Gasteiger partial charge on any atom is 0.490 e. The number of phosphoric acid groups is 3. The number of hydrogen-bond acceptors (Lipinski definition) is 20. The lowest BCUT2D eigenvalue weighted by atomic mass is 9.98. The van der Waals surface area contributed by atoms with Crippen LogP contribution in [0.2, 0.25) is 0 Å². The van der Waals surface area contributed by atoms with Crippen molar-refractivity contribution >= 4 is 97.8 Å². The number of carbonyl (C=O) groups excluding carboxylic acids is 4. The summed E-state index contributed by atoms with van der Waals surface area (Å²) in [5, 5.41) is 38.9. The summed E-state index contributed by atoms with van der Waals surface area (Å²) >= 11 is 0. The summed E-state index contributed by atoms with van der Waals surface area (Å²) in [4.78, 5) is 130. The smallest absolute Gasteiger partial charge is 0.481 e. The van der Waals surface area contributed by atoms with Crippen LogP contribution < -0.4 is 32.6 Å². The molecule has 0 saturated carbocycles. The highest BCUT2D eigenvalue weighted by molar-refractivity contribution is 8.76. The van der Waals surface area contributed by atoms with Gasteiger partial charge in [-0.2, -0.15) is 13.6 Å². The molecule has 1 fully saturated rings. The van der Waals surface area contributed by atoms with E-state index in [0.29, 0.717) is 19.3 Å². The number of phosphoric ester groups is 1. The van der Waals surface area contributed by atoms with Gasteiger partial charge in [0.1, 0.15) is 31.0 Å². The largest absolute Gasteiger partial charge is 0.490 e. The summed E-state index contributed by atoms with van der Waals surface area (Å²) in [5.74, 6) is 0.815. The molecule has 2 aromatic heterocycles. The average molecular weight is 1220 g/mol. The Morgan fingerprint density at radius 3 is 2.21 bits per heavy atom. The molecule has 0 radical (unpaired) electrons. The van der Waals surface area contributed by atoms with Crippen LogP contribution in [0.25, 0.3) is 22.2 Å². The number of nitrogens with zero attached hydrogens (tertiary/aromatic N) is 2. The number of hydrogen-bond donors (Lipinski definition) is 13. The fourth-order valence-electron chi connectivity index (χ4n) is 8.20. The number of benzene rings is 2. The zero-order chi connectivity index (χ0) is 58.4. The predicted molar refractivity (Wildman–Crippen MR) is 284 cm³/mol. The number of carbonyl (C=O) groups is 6. The van der Waals surface area contributed by atoms with Gasteiger partial charge in [-0.15, -0.1) is 0 Å². The van der Waals surface area contributed by atoms with Crippen LogP contribution >= 0.6 is 45.1 Å². The minimum absolute atomic E-state index is 0.00267. The van der Waals surface area contributed by atoms with E-state index in [1.165, 1.54) is 32.4 Å². The van der Waals surface area contributed by atoms with E-state index in [2.05, 4.69) is 56.2 Å². The lowest BCUT2D eigenvalue weighted by Gasteiger charge is -2.19. The van der Waals surface area contributed by atoms with Crippen LogP contribution in [-0.2, 0) is 60.3 Å². The number of nitrogen functional groups attached to an aromatic ring is 1. The number of nitrogens with two attached hydrogens (primary N) is 1. The first-order valence-corrected chi connectivity index (χ1v) is 31.0. The SMILES string of the molecule is Nc1nc2c(c(C#CCNC(=O)CCSSCC(NC(=O)OCC3c4ccccc4-c4ccccc43)C(=O)NCCCCCC(=O)NC(CC(=O)O)C(=O)O)cn2C2CC(O)C(COP(=O)(O)OP(=O)(O)OP(=O)(O)O)O2)c(=O)[nH]1. The number of aromatic amines is 1. The van der Waals surface area contributed by atoms with E-state index >= 15 is 0 Å². The monoisotopic (exact) mass is 1220 g/mol. The second-order valence-corrected chi connectivity index (χ2v) is 24.6. The van der Waals surface area contributed by atoms with E-state index in [-0.39, 0.29) is 78.9 Å². The molecule has 1 aliphatic carbocycles. The Balaban J connectivity index is 0.987. The van der Waals surface area contributed by atoms with Gasteiger partial charge in [0.2, 0.25) is 23.7 Å². The molecule has 1 aliphatic heterocycles. The molecule has 4 amide bonds. The summed E-state index contributed by atoms with van der Waals surface area (Å²) in [5.41, 5.74) is 9.14. The second kappa shape index (κ2) is 28.5. The molecule has 35 heteroatoms. The molecule has 0 spiro atoms. The van der Waals surface area contributed by atoms with Crippen molar-refractivity contribution < 1.29 is 100.0 Å². The fourth-order valence-corrected chi connectivity index (χ4v) is 13.4. The van der Waals surface area contributed by atoms with E-state index in [9.17, 15) is 67.3 Å². The molecule has 6 rings (SSSR count). The van der Waals surface area contributed by atoms with Gasteiger partial charge in [-0.25, -0.2) is 23.3 Å². The Morgan fingerprint density at radius 2 is 1.55 bits per heavy atom. The van der Waals surface area contributed by atoms with E-state index in [1.807, 2.05) is 48.5 Å². The van der Waals surface area contributed by atoms with E-state index in [4.69, 9.17) is 30.1 Å². The van der Waals surface area contributed by atoms with Crippen molar-refractivity contribution in [3.05, 3.63) is 81.8 Å². The molecular weight excluding hydrogens is 1160 g/mol. The number of ether oxygens (including phenoxy) is 2. The first kappa shape index (κ1) is 63.1. The topological polar surface area (TPSA) is 466 Å². The van der Waals surface area contributed by atoms with Crippen molar-refractivity contribution in [3.8, 4) is 23.0 Å².